The van der Waals surface area contributed by atoms with Crippen molar-refractivity contribution in [3.63, 3.8) is 0 Å². The van der Waals surface area contributed by atoms with Gasteiger partial charge in [-0.05, 0) is 32.2 Å². The molecule has 1 unspecified atom stereocenters. The highest BCUT2D eigenvalue weighted by atomic mass is 16.5. The molecule has 1 fully saturated rings. The van der Waals surface area contributed by atoms with Gasteiger partial charge in [-0.3, -0.25) is 4.90 Å². The van der Waals surface area contributed by atoms with Gasteiger partial charge in [0.25, 0.3) is 0 Å². The Balaban J connectivity index is 2.31. The summed E-state index contributed by atoms with van der Waals surface area (Å²) in [5.41, 5.74) is 0. The van der Waals surface area contributed by atoms with E-state index in [0.29, 0.717) is 6.04 Å². The number of hydrogen-bond acceptors (Lipinski definition) is 3. The number of nitrogens with zero attached hydrogens (tertiary/aromatic N) is 1. The number of rotatable bonds is 11. The van der Waals surface area contributed by atoms with Crippen molar-refractivity contribution in [1.29, 1.82) is 0 Å². The monoisotopic (exact) mass is 242 g/mol. The lowest BCUT2D eigenvalue weighted by molar-refractivity contribution is 0.134. The summed E-state index contributed by atoms with van der Waals surface area (Å²) >= 11 is 0. The van der Waals surface area contributed by atoms with E-state index in [1.807, 2.05) is 0 Å². The van der Waals surface area contributed by atoms with Crippen molar-refractivity contribution in [3.8, 4) is 0 Å². The van der Waals surface area contributed by atoms with Crippen LogP contribution in [0.5, 0.6) is 0 Å². The second-order valence-corrected chi connectivity index (χ2v) is 5.16. The average molecular weight is 242 g/mol. The van der Waals surface area contributed by atoms with Crippen molar-refractivity contribution in [1.82, 2.24) is 10.2 Å². The van der Waals surface area contributed by atoms with Crippen LogP contribution in [0.15, 0.2) is 0 Å². The predicted molar refractivity (Wildman–Crippen MR) is 73.5 cm³/mol. The molecule has 0 amide bonds. The lowest BCUT2D eigenvalue weighted by Gasteiger charge is -2.28. The van der Waals surface area contributed by atoms with Crippen LogP contribution in [0.25, 0.3) is 0 Å². The third kappa shape index (κ3) is 6.39. The Hall–Kier alpha value is -0.120. The van der Waals surface area contributed by atoms with Crippen molar-refractivity contribution in [2.75, 3.05) is 33.4 Å². The SMILES string of the molecule is CCCNC(CCC)CN(CCOC)C1CC1. The summed E-state index contributed by atoms with van der Waals surface area (Å²) < 4.78 is 5.21. The molecule has 0 aromatic heterocycles. The molecule has 1 rings (SSSR count). The smallest absolute Gasteiger partial charge is 0.0589 e. The summed E-state index contributed by atoms with van der Waals surface area (Å²) in [6.07, 6.45) is 6.55. The van der Waals surface area contributed by atoms with Gasteiger partial charge in [-0.2, -0.15) is 0 Å². The standard InChI is InChI=1S/C14H30N2O/c1-4-6-13(15-9-5-2)12-16(10-11-17-3)14-7-8-14/h13-15H,4-12H2,1-3H3. The molecular formula is C14H30N2O. The lowest BCUT2D eigenvalue weighted by Crippen LogP contribution is -2.43. The second-order valence-electron chi connectivity index (χ2n) is 5.16. The first-order valence-electron chi connectivity index (χ1n) is 7.28. The molecule has 0 heterocycles. The molecular weight excluding hydrogens is 212 g/mol. The Labute approximate surface area is 107 Å². The maximum atomic E-state index is 5.21. The molecule has 1 N–H and O–H groups in total. The molecule has 0 bridgehead atoms. The topological polar surface area (TPSA) is 24.5 Å². The van der Waals surface area contributed by atoms with E-state index in [1.165, 1.54) is 38.6 Å². The highest BCUT2D eigenvalue weighted by Gasteiger charge is 2.29. The van der Waals surface area contributed by atoms with E-state index in [9.17, 15) is 0 Å². The van der Waals surface area contributed by atoms with Crippen LogP contribution < -0.4 is 5.32 Å². The van der Waals surface area contributed by atoms with Crippen LogP contribution in [0.3, 0.4) is 0 Å². The molecule has 3 nitrogen and oxygen atoms in total. The van der Waals surface area contributed by atoms with E-state index in [-0.39, 0.29) is 0 Å². The molecule has 0 spiro atoms. The Morgan fingerprint density at radius 3 is 2.59 bits per heavy atom. The molecule has 1 saturated carbocycles. The minimum absolute atomic E-state index is 0.664. The van der Waals surface area contributed by atoms with E-state index in [4.69, 9.17) is 4.74 Å². The van der Waals surface area contributed by atoms with E-state index >= 15 is 0 Å². The quantitative estimate of drug-likeness (QED) is 0.601. The largest absolute Gasteiger partial charge is 0.383 e. The third-order valence-corrected chi connectivity index (χ3v) is 3.42. The summed E-state index contributed by atoms with van der Waals surface area (Å²) in [4.78, 5) is 2.62. The van der Waals surface area contributed by atoms with E-state index in [0.717, 1.165) is 25.7 Å². The first-order valence-corrected chi connectivity index (χ1v) is 7.28. The molecule has 1 atom stereocenters. The van der Waals surface area contributed by atoms with Crippen molar-refractivity contribution >= 4 is 0 Å². The Morgan fingerprint density at radius 1 is 1.29 bits per heavy atom. The van der Waals surface area contributed by atoms with Gasteiger partial charge < -0.3 is 10.1 Å². The van der Waals surface area contributed by atoms with Crippen LogP contribution in [0, 0.1) is 0 Å². The van der Waals surface area contributed by atoms with Gasteiger partial charge in [0, 0.05) is 32.3 Å². The highest BCUT2D eigenvalue weighted by molar-refractivity contribution is 4.86. The van der Waals surface area contributed by atoms with Crippen LogP contribution in [0.1, 0.15) is 46.0 Å². The molecule has 102 valence electrons. The second kappa shape index (κ2) is 8.90. The fourth-order valence-electron chi connectivity index (χ4n) is 2.31. The van der Waals surface area contributed by atoms with E-state index < -0.39 is 0 Å². The van der Waals surface area contributed by atoms with E-state index in [2.05, 4.69) is 24.1 Å². The molecule has 0 aromatic carbocycles. The maximum Gasteiger partial charge on any atom is 0.0589 e. The van der Waals surface area contributed by atoms with Gasteiger partial charge >= 0.3 is 0 Å². The molecule has 17 heavy (non-hydrogen) atoms. The Kier molecular flexibility index (Phi) is 7.82. The molecule has 0 aromatic rings. The van der Waals surface area contributed by atoms with Crippen LogP contribution in [-0.4, -0.2) is 50.3 Å². The molecule has 1 aliphatic rings. The van der Waals surface area contributed by atoms with Gasteiger partial charge in [0.2, 0.25) is 0 Å². The Morgan fingerprint density at radius 2 is 2.06 bits per heavy atom. The zero-order valence-electron chi connectivity index (χ0n) is 11.9. The summed E-state index contributed by atoms with van der Waals surface area (Å²) in [5.74, 6) is 0. The maximum absolute atomic E-state index is 5.21. The molecule has 0 radical (unpaired) electrons. The molecule has 0 saturated heterocycles. The molecule has 0 aliphatic heterocycles. The van der Waals surface area contributed by atoms with Crippen LogP contribution in [0.4, 0.5) is 0 Å². The predicted octanol–water partition coefficient (Wildman–Crippen LogP) is 2.27. The van der Waals surface area contributed by atoms with Gasteiger partial charge in [0.05, 0.1) is 6.61 Å². The molecule has 3 heteroatoms. The van der Waals surface area contributed by atoms with Crippen LogP contribution in [0.2, 0.25) is 0 Å². The zero-order valence-corrected chi connectivity index (χ0v) is 11.9. The minimum atomic E-state index is 0.664. The first kappa shape index (κ1) is 14.9. The summed E-state index contributed by atoms with van der Waals surface area (Å²) in [5, 5.41) is 3.68. The third-order valence-electron chi connectivity index (χ3n) is 3.42. The van der Waals surface area contributed by atoms with Crippen molar-refractivity contribution in [2.45, 2.75) is 58.0 Å². The lowest BCUT2D eigenvalue weighted by atomic mass is 10.1. The van der Waals surface area contributed by atoms with Gasteiger partial charge in [-0.15, -0.1) is 0 Å². The zero-order chi connectivity index (χ0) is 12.5. The number of ether oxygens (including phenoxy) is 1. The van der Waals surface area contributed by atoms with Crippen molar-refractivity contribution < 1.29 is 4.74 Å². The summed E-state index contributed by atoms with van der Waals surface area (Å²) in [6, 6.07) is 1.50. The fourth-order valence-corrected chi connectivity index (χ4v) is 2.31. The number of hydrogen-bond donors (Lipinski definition) is 1. The van der Waals surface area contributed by atoms with Gasteiger partial charge in [-0.1, -0.05) is 20.3 Å². The normalized spacial score (nSPS) is 17.6. The van der Waals surface area contributed by atoms with E-state index in [1.54, 1.807) is 7.11 Å². The van der Waals surface area contributed by atoms with Crippen LogP contribution >= 0.6 is 0 Å². The first-order chi connectivity index (χ1) is 8.31. The van der Waals surface area contributed by atoms with Crippen LogP contribution in [-0.2, 0) is 4.74 Å². The summed E-state index contributed by atoms with van der Waals surface area (Å²) in [7, 11) is 1.80. The van der Waals surface area contributed by atoms with Gasteiger partial charge in [0.15, 0.2) is 0 Å². The Bertz CT molecular complexity index is 183. The summed E-state index contributed by atoms with van der Waals surface area (Å²) in [6.45, 7) is 8.81. The molecule has 1 aliphatic carbocycles. The van der Waals surface area contributed by atoms with Crippen molar-refractivity contribution in [3.05, 3.63) is 0 Å². The minimum Gasteiger partial charge on any atom is -0.383 e. The highest BCUT2D eigenvalue weighted by Crippen LogP contribution is 2.26. The fraction of sp³-hybridized carbons (Fsp3) is 1.00. The number of nitrogens with one attached hydrogen (secondary N) is 1. The average Bonchev–Trinajstić information content (AvgIpc) is 3.15. The van der Waals surface area contributed by atoms with Gasteiger partial charge in [0.1, 0.15) is 0 Å². The van der Waals surface area contributed by atoms with Crippen molar-refractivity contribution in [2.24, 2.45) is 0 Å². The number of methoxy groups -OCH3 is 1. The van der Waals surface area contributed by atoms with Gasteiger partial charge in [-0.25, -0.2) is 0 Å².